The van der Waals surface area contributed by atoms with E-state index < -0.39 is 6.03 Å². The van der Waals surface area contributed by atoms with Crippen LogP contribution in [0.15, 0.2) is 54.7 Å². The molecule has 9 nitrogen and oxygen atoms in total. The van der Waals surface area contributed by atoms with Gasteiger partial charge in [0.15, 0.2) is 5.82 Å². The molecular weight excluding hydrogens is 516 g/mol. The second-order valence-electron chi connectivity index (χ2n) is 10.7. The Balaban J connectivity index is 1.67. The first kappa shape index (κ1) is 31.1. The van der Waals surface area contributed by atoms with Crippen LogP contribution in [-0.4, -0.2) is 40.1 Å². The third-order valence-corrected chi connectivity index (χ3v) is 6.46. The molecule has 9 heteroatoms. The van der Waals surface area contributed by atoms with Crippen LogP contribution in [0.2, 0.25) is 0 Å². The summed E-state index contributed by atoms with van der Waals surface area (Å²) in [4.78, 5) is 34.6. The van der Waals surface area contributed by atoms with Gasteiger partial charge in [0.1, 0.15) is 5.75 Å². The second kappa shape index (κ2) is 14.8. The number of carbonyl (C=O) groups is 2. The minimum absolute atomic E-state index is 0.0278. The summed E-state index contributed by atoms with van der Waals surface area (Å²) < 4.78 is 5.63. The van der Waals surface area contributed by atoms with Crippen LogP contribution >= 0.6 is 0 Å². The molecule has 3 amide bonds. The highest BCUT2D eigenvalue weighted by atomic mass is 16.5. The Hall–Kier alpha value is -4.45. The van der Waals surface area contributed by atoms with Gasteiger partial charge >= 0.3 is 6.03 Å². The summed E-state index contributed by atoms with van der Waals surface area (Å²) in [5.74, 6) is 1.05. The molecule has 0 unspecified atom stereocenters. The quantitative estimate of drug-likeness (QED) is 0.301. The Kier molecular flexibility index (Phi) is 11.2. The van der Waals surface area contributed by atoms with Crippen molar-refractivity contribution in [3.63, 3.8) is 0 Å². The number of carbonyl (C=O) groups excluding carboxylic acids is 2. The molecule has 216 valence electrons. The van der Waals surface area contributed by atoms with Crippen LogP contribution in [0.25, 0.3) is 11.4 Å². The topological polar surface area (TPSA) is 120 Å². The van der Waals surface area contributed by atoms with Crippen molar-refractivity contribution in [2.75, 3.05) is 13.2 Å². The largest absolute Gasteiger partial charge is 0.494 e. The predicted octanol–water partition coefficient (Wildman–Crippen LogP) is 5.49. The van der Waals surface area contributed by atoms with E-state index in [4.69, 9.17) is 9.72 Å². The number of aromatic nitrogens is 2. The normalized spacial score (nSPS) is 10.9. The molecule has 0 saturated carbocycles. The smallest absolute Gasteiger partial charge is 0.333 e. The first-order valence-corrected chi connectivity index (χ1v) is 14.0. The fraction of sp³-hybridized carbons (Fsp3) is 0.406. The van der Waals surface area contributed by atoms with E-state index in [0.29, 0.717) is 37.6 Å². The predicted molar refractivity (Wildman–Crippen MR) is 159 cm³/mol. The average molecular weight is 557 g/mol. The molecule has 0 bridgehead atoms. The number of nitrogens with zero attached hydrogens (tertiary/aromatic N) is 4. The molecule has 2 aromatic carbocycles. The molecule has 1 heterocycles. The number of hydrogen-bond acceptors (Lipinski definition) is 6. The van der Waals surface area contributed by atoms with E-state index in [1.165, 1.54) is 10.6 Å². The van der Waals surface area contributed by atoms with Crippen LogP contribution in [-0.2, 0) is 29.6 Å². The average Bonchev–Trinajstić information content (AvgIpc) is 2.94. The summed E-state index contributed by atoms with van der Waals surface area (Å²) in [6.45, 7) is 11.4. The molecular formula is C32H40N6O3. The van der Waals surface area contributed by atoms with E-state index >= 15 is 0 Å². The van der Waals surface area contributed by atoms with Gasteiger partial charge in [-0.05, 0) is 67.5 Å². The van der Waals surface area contributed by atoms with Gasteiger partial charge in [0.05, 0.1) is 25.6 Å². The molecule has 0 saturated heterocycles. The fourth-order valence-corrected chi connectivity index (χ4v) is 4.27. The molecule has 2 N–H and O–H groups in total. The van der Waals surface area contributed by atoms with E-state index in [9.17, 15) is 14.9 Å². The number of ether oxygens (including phenoxy) is 1. The van der Waals surface area contributed by atoms with Crippen molar-refractivity contribution in [3.05, 3.63) is 77.1 Å². The lowest BCUT2D eigenvalue weighted by Gasteiger charge is -2.24. The molecule has 0 aliphatic heterocycles. The molecule has 0 radical (unpaired) electrons. The fourth-order valence-electron chi connectivity index (χ4n) is 4.27. The number of aryl methyl sites for hydroxylation is 1. The lowest BCUT2D eigenvalue weighted by Crippen LogP contribution is -2.49. The lowest BCUT2D eigenvalue weighted by molar-refractivity contribution is -0.134. The molecule has 0 aliphatic carbocycles. The summed E-state index contributed by atoms with van der Waals surface area (Å²) in [6.07, 6.45) is 3.28. The number of hydrogen-bond donors (Lipinski definition) is 2. The van der Waals surface area contributed by atoms with Gasteiger partial charge in [0.25, 0.3) is 0 Å². The van der Waals surface area contributed by atoms with E-state index in [1.807, 2.05) is 50.2 Å². The van der Waals surface area contributed by atoms with Crippen molar-refractivity contribution >= 4 is 11.9 Å². The van der Waals surface area contributed by atoms with Gasteiger partial charge in [-0.25, -0.2) is 25.2 Å². The zero-order valence-corrected chi connectivity index (χ0v) is 24.7. The Labute approximate surface area is 242 Å². The van der Waals surface area contributed by atoms with Gasteiger partial charge in [-0.3, -0.25) is 4.79 Å². The van der Waals surface area contributed by atoms with E-state index in [1.54, 1.807) is 6.20 Å². The minimum Gasteiger partial charge on any atom is -0.494 e. The van der Waals surface area contributed by atoms with Gasteiger partial charge < -0.3 is 10.1 Å². The first-order chi connectivity index (χ1) is 19.6. The number of nitriles is 1. The Morgan fingerprint density at radius 2 is 1.83 bits per heavy atom. The number of amides is 3. The Bertz CT molecular complexity index is 1360. The van der Waals surface area contributed by atoms with Crippen LogP contribution in [0.5, 0.6) is 5.75 Å². The van der Waals surface area contributed by atoms with Crippen LogP contribution in [0, 0.1) is 11.3 Å². The maximum Gasteiger partial charge on any atom is 0.333 e. The highest BCUT2D eigenvalue weighted by molar-refractivity contribution is 5.81. The third kappa shape index (κ3) is 9.31. The molecule has 0 fully saturated rings. The number of nitrogens with one attached hydrogen (secondary N) is 2. The molecule has 41 heavy (non-hydrogen) atoms. The van der Waals surface area contributed by atoms with Gasteiger partial charge in [-0.15, -0.1) is 0 Å². The number of rotatable bonds is 11. The van der Waals surface area contributed by atoms with Crippen molar-refractivity contribution < 1.29 is 14.3 Å². The Morgan fingerprint density at radius 1 is 1.07 bits per heavy atom. The van der Waals surface area contributed by atoms with Crippen LogP contribution < -0.4 is 15.5 Å². The van der Waals surface area contributed by atoms with Crippen LogP contribution in [0.3, 0.4) is 0 Å². The highest BCUT2D eigenvalue weighted by Gasteiger charge is 2.18. The third-order valence-electron chi connectivity index (χ3n) is 6.46. The number of hydrazine groups is 1. The van der Waals surface area contributed by atoms with E-state index in [-0.39, 0.29) is 30.7 Å². The molecule has 3 aromatic rings. The summed E-state index contributed by atoms with van der Waals surface area (Å²) >= 11 is 0. The van der Waals surface area contributed by atoms with Crippen molar-refractivity contribution in [2.24, 2.45) is 0 Å². The van der Waals surface area contributed by atoms with Crippen LogP contribution in [0.4, 0.5) is 4.79 Å². The number of benzene rings is 2. The molecule has 1 aromatic heterocycles. The zero-order chi connectivity index (χ0) is 29.8. The second-order valence-corrected chi connectivity index (χ2v) is 10.7. The summed E-state index contributed by atoms with van der Waals surface area (Å²) in [6, 6.07) is 17.3. The molecule has 3 rings (SSSR count). The first-order valence-electron chi connectivity index (χ1n) is 14.0. The van der Waals surface area contributed by atoms with E-state index in [0.717, 1.165) is 22.4 Å². The minimum atomic E-state index is -0.418. The van der Waals surface area contributed by atoms with Crippen molar-refractivity contribution in [2.45, 2.75) is 72.3 Å². The van der Waals surface area contributed by atoms with Gasteiger partial charge in [-0.1, -0.05) is 45.0 Å². The van der Waals surface area contributed by atoms with Crippen molar-refractivity contribution in [1.29, 1.82) is 5.26 Å². The lowest BCUT2D eigenvalue weighted by atomic mass is 9.87. The Morgan fingerprint density at radius 3 is 2.49 bits per heavy atom. The maximum absolute atomic E-state index is 13.2. The summed E-state index contributed by atoms with van der Waals surface area (Å²) in [7, 11) is 0. The monoisotopic (exact) mass is 556 g/mol. The zero-order valence-electron chi connectivity index (χ0n) is 24.7. The summed E-state index contributed by atoms with van der Waals surface area (Å²) in [5, 5.41) is 13.3. The number of urea groups is 1. The van der Waals surface area contributed by atoms with E-state index in [2.05, 4.69) is 54.7 Å². The van der Waals surface area contributed by atoms with Crippen molar-refractivity contribution in [3.8, 4) is 23.2 Å². The van der Waals surface area contributed by atoms with Gasteiger partial charge in [0.2, 0.25) is 5.91 Å². The molecule has 0 atom stereocenters. The van der Waals surface area contributed by atoms with Gasteiger partial charge in [0, 0.05) is 36.0 Å². The highest BCUT2D eigenvalue weighted by Crippen LogP contribution is 2.26. The van der Waals surface area contributed by atoms with Gasteiger partial charge in [-0.2, -0.15) is 5.26 Å². The molecule has 0 aliphatic rings. The molecule has 0 spiro atoms. The SMILES string of the molecule is CCNC(=O)NN(Cc1ccc(C(C)(C)C)cc1)C(=O)CCCc1ccnc(-c2ccc(OCC)c(CC#N)c2)n1. The van der Waals surface area contributed by atoms with Crippen LogP contribution in [0.1, 0.15) is 69.8 Å². The maximum atomic E-state index is 13.2. The summed E-state index contributed by atoms with van der Waals surface area (Å²) in [5.41, 5.74) is 7.24. The standard InChI is InChI=1S/C32H40N6O3/c1-6-34-31(40)37-38(22-23-11-14-26(15-12-23)32(3,4)5)29(39)10-8-9-27-18-20-35-30(36-27)25-13-16-28(41-7-2)24(21-25)17-19-33/h11-16,18,20-21H,6-10,17,22H2,1-5H3,(H2,34,37,40). The van der Waals surface area contributed by atoms with Crippen molar-refractivity contribution in [1.82, 2.24) is 25.7 Å².